The van der Waals surface area contributed by atoms with E-state index in [1.165, 1.54) is 18.2 Å². The highest BCUT2D eigenvalue weighted by molar-refractivity contribution is 5.69. The number of aromatic hydroxyl groups is 1. The van der Waals surface area contributed by atoms with Crippen LogP contribution < -0.4 is 0 Å². The molecule has 0 heterocycles. The minimum absolute atomic E-state index is 0.103. The molecular formula is C24H32O3. The summed E-state index contributed by atoms with van der Waals surface area (Å²) in [5.74, 6) is 0.191. The van der Waals surface area contributed by atoms with Crippen molar-refractivity contribution in [3.8, 4) is 5.75 Å². The van der Waals surface area contributed by atoms with Crippen LogP contribution in [0.5, 0.6) is 5.75 Å². The molecule has 2 rings (SSSR count). The Morgan fingerprint density at radius 2 is 1.67 bits per heavy atom. The SMILES string of the molecule is COC(=O)CCCC(C)(C)c1cc(C)c(O)c(C(C)(C)c2ccccc2)c1. The fourth-order valence-electron chi connectivity index (χ4n) is 3.58. The maximum atomic E-state index is 11.4. The molecule has 3 nitrogen and oxygen atoms in total. The van der Waals surface area contributed by atoms with Crippen LogP contribution in [0.25, 0.3) is 0 Å². The average Bonchev–Trinajstić information content (AvgIpc) is 2.63. The van der Waals surface area contributed by atoms with Gasteiger partial charge in [-0.15, -0.1) is 0 Å². The van der Waals surface area contributed by atoms with E-state index in [0.717, 1.165) is 24.0 Å². The van der Waals surface area contributed by atoms with Crippen LogP contribution in [0.15, 0.2) is 42.5 Å². The summed E-state index contributed by atoms with van der Waals surface area (Å²) in [5.41, 5.74) is 3.75. The molecule has 2 aromatic carbocycles. The second-order valence-electron chi connectivity index (χ2n) is 8.49. The zero-order chi connectivity index (χ0) is 20.2. The number of hydrogen-bond acceptors (Lipinski definition) is 3. The van der Waals surface area contributed by atoms with E-state index < -0.39 is 0 Å². The van der Waals surface area contributed by atoms with Crippen molar-refractivity contribution in [1.29, 1.82) is 0 Å². The molecule has 1 N–H and O–H groups in total. The lowest BCUT2D eigenvalue weighted by Crippen LogP contribution is -2.23. The summed E-state index contributed by atoms with van der Waals surface area (Å²) in [6.45, 7) is 10.6. The third-order valence-electron chi connectivity index (χ3n) is 5.66. The summed E-state index contributed by atoms with van der Waals surface area (Å²) in [7, 11) is 1.43. The van der Waals surface area contributed by atoms with Crippen LogP contribution in [0, 0.1) is 6.92 Å². The summed E-state index contributed by atoms with van der Waals surface area (Å²) in [5, 5.41) is 10.8. The van der Waals surface area contributed by atoms with E-state index in [2.05, 4.69) is 52.0 Å². The lowest BCUT2D eigenvalue weighted by molar-refractivity contribution is -0.140. The number of ether oxygens (including phenoxy) is 1. The van der Waals surface area contributed by atoms with E-state index in [4.69, 9.17) is 4.74 Å². The highest BCUT2D eigenvalue weighted by Gasteiger charge is 2.30. The van der Waals surface area contributed by atoms with E-state index in [0.29, 0.717) is 12.2 Å². The van der Waals surface area contributed by atoms with E-state index in [9.17, 15) is 9.90 Å². The van der Waals surface area contributed by atoms with Crippen molar-refractivity contribution in [2.75, 3.05) is 7.11 Å². The number of esters is 1. The van der Waals surface area contributed by atoms with Gasteiger partial charge in [-0.1, -0.05) is 70.2 Å². The van der Waals surface area contributed by atoms with Gasteiger partial charge in [-0.25, -0.2) is 0 Å². The van der Waals surface area contributed by atoms with Gasteiger partial charge < -0.3 is 9.84 Å². The Kier molecular flexibility index (Phi) is 6.35. The number of aryl methyl sites for hydroxylation is 1. The molecule has 0 aromatic heterocycles. The number of carbonyl (C=O) groups is 1. The fraction of sp³-hybridized carbons (Fsp3) is 0.458. The molecule has 3 heteroatoms. The smallest absolute Gasteiger partial charge is 0.305 e. The Labute approximate surface area is 163 Å². The Morgan fingerprint density at radius 3 is 2.26 bits per heavy atom. The molecule has 0 amide bonds. The molecule has 0 saturated heterocycles. The second-order valence-corrected chi connectivity index (χ2v) is 8.49. The van der Waals surface area contributed by atoms with Crippen molar-refractivity contribution < 1.29 is 14.6 Å². The number of carbonyl (C=O) groups excluding carboxylic acids is 1. The lowest BCUT2D eigenvalue weighted by Gasteiger charge is -2.32. The first kappa shape index (κ1) is 21.0. The first-order valence-corrected chi connectivity index (χ1v) is 9.56. The number of phenolic OH excluding ortho intramolecular Hbond substituents is 1. The van der Waals surface area contributed by atoms with E-state index in [1.807, 2.05) is 25.1 Å². The van der Waals surface area contributed by atoms with Gasteiger partial charge >= 0.3 is 5.97 Å². The maximum absolute atomic E-state index is 11.4. The van der Waals surface area contributed by atoms with Gasteiger partial charge in [-0.2, -0.15) is 0 Å². The molecule has 0 aliphatic rings. The summed E-state index contributed by atoms with van der Waals surface area (Å²) in [6, 6.07) is 14.5. The Bertz CT molecular complexity index is 789. The number of benzene rings is 2. The molecule has 0 aliphatic carbocycles. The standard InChI is InChI=1S/C24H32O3/c1-17-15-19(23(2,3)14-10-13-21(25)27-6)16-20(22(17)26)24(4,5)18-11-8-7-9-12-18/h7-9,11-12,15-16,26H,10,13-14H2,1-6H3. The molecule has 0 aliphatic heterocycles. The normalized spacial score (nSPS) is 12.1. The fourth-order valence-corrected chi connectivity index (χ4v) is 3.58. The van der Waals surface area contributed by atoms with Gasteiger partial charge in [0.2, 0.25) is 0 Å². The highest BCUT2D eigenvalue weighted by Crippen LogP contribution is 2.42. The van der Waals surface area contributed by atoms with Crippen molar-refractivity contribution >= 4 is 5.97 Å². The minimum Gasteiger partial charge on any atom is -0.507 e. The second kappa shape index (κ2) is 8.16. The van der Waals surface area contributed by atoms with Gasteiger partial charge in [0.05, 0.1) is 7.11 Å². The van der Waals surface area contributed by atoms with Gasteiger partial charge in [0.1, 0.15) is 5.75 Å². The molecule has 0 spiro atoms. The van der Waals surface area contributed by atoms with Crippen LogP contribution in [0.2, 0.25) is 0 Å². The van der Waals surface area contributed by atoms with Crippen LogP contribution in [0.3, 0.4) is 0 Å². The molecular weight excluding hydrogens is 336 g/mol. The molecule has 0 saturated carbocycles. The Hall–Kier alpha value is -2.29. The Balaban J connectivity index is 2.39. The van der Waals surface area contributed by atoms with Crippen LogP contribution in [-0.2, 0) is 20.4 Å². The van der Waals surface area contributed by atoms with Gasteiger partial charge in [-0.05, 0) is 41.9 Å². The van der Waals surface area contributed by atoms with Crippen LogP contribution in [0.1, 0.15) is 69.2 Å². The Morgan fingerprint density at radius 1 is 1.04 bits per heavy atom. The monoisotopic (exact) mass is 368 g/mol. The molecule has 146 valence electrons. The number of hydrogen-bond donors (Lipinski definition) is 1. The first-order chi connectivity index (χ1) is 12.6. The molecule has 0 fully saturated rings. The zero-order valence-electron chi connectivity index (χ0n) is 17.4. The van der Waals surface area contributed by atoms with E-state index in [-0.39, 0.29) is 16.8 Å². The minimum atomic E-state index is -0.311. The number of phenols is 1. The predicted molar refractivity (Wildman–Crippen MR) is 110 cm³/mol. The van der Waals surface area contributed by atoms with Crippen molar-refractivity contribution in [1.82, 2.24) is 0 Å². The molecule has 0 atom stereocenters. The predicted octanol–water partition coefficient (Wildman–Crippen LogP) is 5.65. The average molecular weight is 369 g/mol. The summed E-state index contributed by atoms with van der Waals surface area (Å²) in [6.07, 6.45) is 2.08. The number of methoxy groups -OCH3 is 1. The summed E-state index contributed by atoms with van der Waals surface area (Å²) >= 11 is 0. The van der Waals surface area contributed by atoms with Crippen molar-refractivity contribution in [3.63, 3.8) is 0 Å². The van der Waals surface area contributed by atoms with Crippen LogP contribution in [-0.4, -0.2) is 18.2 Å². The van der Waals surface area contributed by atoms with Crippen molar-refractivity contribution in [2.45, 2.75) is 64.7 Å². The summed E-state index contributed by atoms with van der Waals surface area (Å²) < 4.78 is 4.75. The van der Waals surface area contributed by atoms with Gasteiger partial charge in [0, 0.05) is 17.4 Å². The molecule has 27 heavy (non-hydrogen) atoms. The zero-order valence-corrected chi connectivity index (χ0v) is 17.4. The van der Waals surface area contributed by atoms with Gasteiger partial charge in [0.15, 0.2) is 0 Å². The number of rotatable bonds is 7. The molecule has 0 radical (unpaired) electrons. The first-order valence-electron chi connectivity index (χ1n) is 9.56. The van der Waals surface area contributed by atoms with Crippen molar-refractivity contribution in [3.05, 3.63) is 64.7 Å². The highest BCUT2D eigenvalue weighted by atomic mass is 16.5. The summed E-state index contributed by atoms with van der Waals surface area (Å²) in [4.78, 5) is 11.4. The maximum Gasteiger partial charge on any atom is 0.305 e. The van der Waals surface area contributed by atoms with Crippen LogP contribution >= 0.6 is 0 Å². The van der Waals surface area contributed by atoms with Gasteiger partial charge in [-0.3, -0.25) is 4.79 Å². The lowest BCUT2D eigenvalue weighted by atomic mass is 9.73. The van der Waals surface area contributed by atoms with Gasteiger partial charge in [0.25, 0.3) is 0 Å². The third-order valence-corrected chi connectivity index (χ3v) is 5.66. The quantitative estimate of drug-likeness (QED) is 0.643. The van der Waals surface area contributed by atoms with Crippen LogP contribution in [0.4, 0.5) is 0 Å². The molecule has 0 bridgehead atoms. The molecule has 2 aromatic rings. The molecule has 0 unspecified atom stereocenters. The largest absolute Gasteiger partial charge is 0.507 e. The van der Waals surface area contributed by atoms with E-state index in [1.54, 1.807) is 0 Å². The van der Waals surface area contributed by atoms with E-state index >= 15 is 0 Å². The third kappa shape index (κ3) is 4.71. The van der Waals surface area contributed by atoms with Crippen molar-refractivity contribution in [2.24, 2.45) is 0 Å². The topological polar surface area (TPSA) is 46.5 Å².